The Morgan fingerprint density at radius 1 is 1.39 bits per heavy atom. The minimum absolute atomic E-state index is 0.113. The van der Waals surface area contributed by atoms with Crippen LogP contribution in [0.15, 0.2) is 18.2 Å². The zero-order chi connectivity index (χ0) is 13.1. The Morgan fingerprint density at radius 2 is 2.11 bits per heavy atom. The van der Waals surface area contributed by atoms with Crippen molar-refractivity contribution in [1.29, 1.82) is 0 Å². The van der Waals surface area contributed by atoms with Crippen molar-refractivity contribution in [3.05, 3.63) is 29.3 Å². The maximum absolute atomic E-state index is 11.2. The summed E-state index contributed by atoms with van der Waals surface area (Å²) < 4.78 is 0. The van der Waals surface area contributed by atoms with Crippen LogP contribution in [-0.4, -0.2) is 23.2 Å². The van der Waals surface area contributed by atoms with E-state index in [-0.39, 0.29) is 12.1 Å². The van der Waals surface area contributed by atoms with Crippen LogP contribution in [0, 0.1) is 6.92 Å². The van der Waals surface area contributed by atoms with Gasteiger partial charge in [-0.15, -0.1) is 0 Å². The van der Waals surface area contributed by atoms with Crippen LogP contribution in [0.4, 0.5) is 5.69 Å². The highest BCUT2D eigenvalue weighted by atomic mass is 16.4. The highest BCUT2D eigenvalue weighted by Crippen LogP contribution is 2.24. The molecular weight excluding hydrogens is 228 g/mol. The number of aromatic carboxylic acids is 1. The second-order valence-electron chi connectivity index (χ2n) is 5.05. The molecule has 1 aromatic carbocycles. The Bertz CT molecular complexity index is 445. The van der Waals surface area contributed by atoms with E-state index in [0.717, 1.165) is 24.8 Å². The Kier molecular flexibility index (Phi) is 3.87. The smallest absolute Gasteiger partial charge is 0.337 e. The van der Waals surface area contributed by atoms with Crippen LogP contribution < -0.4 is 11.1 Å². The van der Waals surface area contributed by atoms with Gasteiger partial charge in [0.25, 0.3) is 0 Å². The van der Waals surface area contributed by atoms with Crippen molar-refractivity contribution >= 4 is 11.7 Å². The Balaban J connectivity index is 2.20. The number of carboxylic acid groups (broad SMARTS) is 1. The van der Waals surface area contributed by atoms with Crippen LogP contribution in [0.3, 0.4) is 0 Å². The quantitative estimate of drug-likeness (QED) is 0.767. The minimum Gasteiger partial charge on any atom is -0.478 e. The number of nitrogens with one attached hydrogen (secondary N) is 1. The van der Waals surface area contributed by atoms with E-state index in [1.807, 2.05) is 19.1 Å². The van der Waals surface area contributed by atoms with Gasteiger partial charge in [0.2, 0.25) is 0 Å². The first kappa shape index (κ1) is 12.9. The van der Waals surface area contributed by atoms with Gasteiger partial charge in [-0.05, 0) is 31.9 Å². The molecule has 0 aromatic heterocycles. The molecule has 4 N–H and O–H groups in total. The number of nitrogens with two attached hydrogens (primary N) is 1. The van der Waals surface area contributed by atoms with Crippen molar-refractivity contribution < 1.29 is 9.90 Å². The van der Waals surface area contributed by atoms with Gasteiger partial charge in [0, 0.05) is 17.8 Å². The van der Waals surface area contributed by atoms with Gasteiger partial charge in [-0.25, -0.2) is 4.79 Å². The SMILES string of the molecule is Cc1ccc(NC2CCCCC2N)c(C(=O)O)c1. The van der Waals surface area contributed by atoms with Crippen molar-refractivity contribution in [2.75, 3.05) is 5.32 Å². The predicted octanol–water partition coefficient (Wildman–Crippen LogP) is 2.38. The fraction of sp³-hybridized carbons (Fsp3) is 0.500. The van der Waals surface area contributed by atoms with Gasteiger partial charge < -0.3 is 16.2 Å². The van der Waals surface area contributed by atoms with E-state index >= 15 is 0 Å². The molecular formula is C14H20N2O2. The van der Waals surface area contributed by atoms with Gasteiger partial charge in [0.05, 0.1) is 5.56 Å². The van der Waals surface area contributed by atoms with E-state index in [4.69, 9.17) is 5.73 Å². The average molecular weight is 248 g/mol. The van der Waals surface area contributed by atoms with E-state index in [0.29, 0.717) is 11.3 Å². The normalized spacial score (nSPS) is 23.7. The lowest BCUT2D eigenvalue weighted by molar-refractivity contribution is 0.0697. The monoisotopic (exact) mass is 248 g/mol. The van der Waals surface area contributed by atoms with Gasteiger partial charge in [0.15, 0.2) is 0 Å². The summed E-state index contributed by atoms with van der Waals surface area (Å²) in [6.07, 6.45) is 4.33. The number of carboxylic acids is 1. The molecule has 0 radical (unpaired) electrons. The summed E-state index contributed by atoms with van der Waals surface area (Å²) in [5, 5.41) is 12.5. The number of aryl methyl sites for hydroxylation is 1. The van der Waals surface area contributed by atoms with E-state index < -0.39 is 5.97 Å². The lowest BCUT2D eigenvalue weighted by Gasteiger charge is -2.30. The Hall–Kier alpha value is -1.55. The Labute approximate surface area is 107 Å². The highest BCUT2D eigenvalue weighted by Gasteiger charge is 2.23. The first-order chi connectivity index (χ1) is 8.58. The standard InChI is InChI=1S/C14H20N2O2/c1-9-6-7-12(10(8-9)14(17)18)16-13-5-3-2-4-11(13)15/h6-8,11,13,16H,2-5,15H2,1H3,(H,17,18). The van der Waals surface area contributed by atoms with Gasteiger partial charge in [-0.3, -0.25) is 0 Å². The van der Waals surface area contributed by atoms with Crippen LogP contribution in [0.25, 0.3) is 0 Å². The summed E-state index contributed by atoms with van der Waals surface area (Å²) in [6, 6.07) is 5.74. The number of anilines is 1. The molecule has 1 aliphatic rings. The van der Waals surface area contributed by atoms with E-state index in [1.54, 1.807) is 6.07 Å². The summed E-state index contributed by atoms with van der Waals surface area (Å²) >= 11 is 0. The van der Waals surface area contributed by atoms with Gasteiger partial charge in [-0.1, -0.05) is 24.5 Å². The molecule has 98 valence electrons. The zero-order valence-corrected chi connectivity index (χ0v) is 10.6. The third-order valence-corrected chi connectivity index (χ3v) is 3.57. The van der Waals surface area contributed by atoms with Crippen molar-refractivity contribution in [2.24, 2.45) is 5.73 Å². The molecule has 0 aliphatic heterocycles. The van der Waals surface area contributed by atoms with Crippen molar-refractivity contribution in [1.82, 2.24) is 0 Å². The molecule has 1 saturated carbocycles. The summed E-state index contributed by atoms with van der Waals surface area (Å²) in [4.78, 5) is 11.2. The fourth-order valence-electron chi connectivity index (χ4n) is 2.50. The number of hydrogen-bond acceptors (Lipinski definition) is 3. The van der Waals surface area contributed by atoms with Crippen LogP contribution in [0.1, 0.15) is 41.6 Å². The van der Waals surface area contributed by atoms with Crippen LogP contribution in [0.5, 0.6) is 0 Å². The van der Waals surface area contributed by atoms with Gasteiger partial charge in [-0.2, -0.15) is 0 Å². The van der Waals surface area contributed by atoms with Crippen molar-refractivity contribution in [2.45, 2.75) is 44.7 Å². The molecule has 2 atom stereocenters. The molecule has 0 heterocycles. The maximum atomic E-state index is 11.2. The molecule has 0 saturated heterocycles. The highest BCUT2D eigenvalue weighted by molar-refractivity contribution is 5.94. The number of carbonyl (C=O) groups is 1. The van der Waals surface area contributed by atoms with E-state index in [2.05, 4.69) is 5.32 Å². The van der Waals surface area contributed by atoms with Crippen LogP contribution >= 0.6 is 0 Å². The van der Waals surface area contributed by atoms with Gasteiger partial charge in [0.1, 0.15) is 0 Å². The number of benzene rings is 1. The molecule has 0 bridgehead atoms. The van der Waals surface area contributed by atoms with Crippen molar-refractivity contribution in [3.63, 3.8) is 0 Å². The second-order valence-corrected chi connectivity index (χ2v) is 5.05. The second kappa shape index (κ2) is 5.40. The number of rotatable bonds is 3. The lowest BCUT2D eigenvalue weighted by atomic mass is 9.90. The molecule has 4 heteroatoms. The topological polar surface area (TPSA) is 75.3 Å². The summed E-state index contributed by atoms with van der Waals surface area (Å²) in [5.41, 5.74) is 8.03. The van der Waals surface area contributed by atoms with Crippen LogP contribution in [-0.2, 0) is 0 Å². The van der Waals surface area contributed by atoms with Crippen LogP contribution in [0.2, 0.25) is 0 Å². The molecule has 1 fully saturated rings. The third kappa shape index (κ3) is 2.82. The molecule has 0 spiro atoms. The van der Waals surface area contributed by atoms with Gasteiger partial charge >= 0.3 is 5.97 Å². The van der Waals surface area contributed by atoms with Crippen molar-refractivity contribution in [3.8, 4) is 0 Å². The zero-order valence-electron chi connectivity index (χ0n) is 10.6. The molecule has 2 unspecified atom stereocenters. The summed E-state index contributed by atoms with van der Waals surface area (Å²) in [5.74, 6) is -0.898. The predicted molar refractivity (Wildman–Crippen MR) is 72.0 cm³/mol. The van der Waals surface area contributed by atoms with E-state index in [1.165, 1.54) is 6.42 Å². The molecule has 0 amide bonds. The molecule has 2 rings (SSSR count). The maximum Gasteiger partial charge on any atom is 0.337 e. The third-order valence-electron chi connectivity index (χ3n) is 3.57. The minimum atomic E-state index is -0.898. The summed E-state index contributed by atoms with van der Waals surface area (Å²) in [6.45, 7) is 1.89. The Morgan fingerprint density at radius 3 is 2.78 bits per heavy atom. The number of hydrogen-bond donors (Lipinski definition) is 3. The molecule has 1 aromatic rings. The first-order valence-corrected chi connectivity index (χ1v) is 6.44. The first-order valence-electron chi connectivity index (χ1n) is 6.44. The molecule has 18 heavy (non-hydrogen) atoms. The molecule has 1 aliphatic carbocycles. The summed E-state index contributed by atoms with van der Waals surface area (Å²) in [7, 11) is 0. The average Bonchev–Trinajstić information content (AvgIpc) is 2.34. The molecule has 4 nitrogen and oxygen atoms in total. The largest absolute Gasteiger partial charge is 0.478 e. The fourth-order valence-corrected chi connectivity index (χ4v) is 2.50. The van der Waals surface area contributed by atoms with E-state index in [9.17, 15) is 9.90 Å². The lowest BCUT2D eigenvalue weighted by Crippen LogP contribution is -2.42.